The summed E-state index contributed by atoms with van der Waals surface area (Å²) in [5.41, 5.74) is 0.307. The van der Waals surface area contributed by atoms with E-state index in [1.807, 2.05) is 6.07 Å². The minimum atomic E-state index is -4.50. The maximum atomic E-state index is 13.0. The summed E-state index contributed by atoms with van der Waals surface area (Å²) in [6.07, 6.45) is -3.08. The highest BCUT2D eigenvalue weighted by molar-refractivity contribution is 9.10. The molecule has 3 rings (SSSR count). The zero-order chi connectivity index (χ0) is 21.9. The van der Waals surface area contributed by atoms with Crippen LogP contribution in [0, 0.1) is 0 Å². The maximum absolute atomic E-state index is 13.0. The van der Waals surface area contributed by atoms with Crippen LogP contribution in [0.4, 0.5) is 24.7 Å². The molecular formula is C20H20BrF3N4O2. The quantitative estimate of drug-likeness (QED) is 0.718. The molecule has 160 valence electrons. The predicted molar refractivity (Wildman–Crippen MR) is 110 cm³/mol. The second-order valence-electron chi connectivity index (χ2n) is 6.93. The summed E-state index contributed by atoms with van der Waals surface area (Å²) >= 11 is 2.88. The molecule has 0 aliphatic carbocycles. The minimum Gasteiger partial charge on any atom is -0.367 e. The lowest BCUT2D eigenvalue weighted by molar-refractivity contribution is -0.138. The molecule has 1 aliphatic heterocycles. The number of amides is 2. The smallest absolute Gasteiger partial charge is 0.367 e. The number of pyridine rings is 1. The van der Waals surface area contributed by atoms with E-state index < -0.39 is 17.6 Å². The van der Waals surface area contributed by atoms with Crippen molar-refractivity contribution < 1.29 is 22.8 Å². The normalized spacial score (nSPS) is 14.6. The van der Waals surface area contributed by atoms with Gasteiger partial charge in [0.2, 0.25) is 11.8 Å². The van der Waals surface area contributed by atoms with Crippen LogP contribution in [0.3, 0.4) is 0 Å². The molecule has 30 heavy (non-hydrogen) atoms. The molecule has 1 aromatic heterocycles. The first kappa shape index (κ1) is 22.1. The summed E-state index contributed by atoms with van der Waals surface area (Å²) in [5, 5.41) is 2.60. The lowest BCUT2D eigenvalue weighted by atomic mass is 10.1. The fraction of sp³-hybridized carbons (Fsp3) is 0.350. The molecule has 1 N–H and O–H groups in total. The molecule has 0 radical (unpaired) electrons. The molecule has 1 fully saturated rings. The zero-order valence-electron chi connectivity index (χ0n) is 16.2. The van der Waals surface area contributed by atoms with Crippen molar-refractivity contribution in [1.29, 1.82) is 0 Å². The van der Waals surface area contributed by atoms with E-state index >= 15 is 0 Å². The van der Waals surface area contributed by atoms with Crippen molar-refractivity contribution in [3.63, 3.8) is 0 Å². The van der Waals surface area contributed by atoms with Gasteiger partial charge in [0.05, 0.1) is 23.9 Å². The number of carbonyl (C=O) groups is 2. The summed E-state index contributed by atoms with van der Waals surface area (Å²) in [6.45, 7) is 4.21. The number of benzene rings is 1. The molecule has 1 aromatic carbocycles. The van der Waals surface area contributed by atoms with E-state index in [1.54, 1.807) is 24.1 Å². The number of rotatable bonds is 4. The standard InChI is InChI=1S/C20H20BrF3N4O2/c1-13(29)27-6-8-28(9-7-27)15-3-5-18(25-12-15)26-19(30)11-14-2-4-17(21)16(10-14)20(22,23)24/h2-5,10,12H,6-9,11H2,1H3,(H,25,26,30). The highest BCUT2D eigenvalue weighted by Gasteiger charge is 2.33. The van der Waals surface area contributed by atoms with Crippen LogP contribution in [0.25, 0.3) is 0 Å². The molecule has 2 heterocycles. The number of hydrogen-bond donors (Lipinski definition) is 1. The van der Waals surface area contributed by atoms with Gasteiger partial charge in [-0.1, -0.05) is 22.0 Å². The van der Waals surface area contributed by atoms with E-state index in [9.17, 15) is 22.8 Å². The number of anilines is 2. The van der Waals surface area contributed by atoms with Crippen LogP contribution in [-0.2, 0) is 22.2 Å². The molecule has 1 aliphatic rings. The molecule has 0 atom stereocenters. The molecule has 0 saturated carbocycles. The third-order valence-electron chi connectivity index (χ3n) is 4.81. The molecule has 6 nitrogen and oxygen atoms in total. The number of halogens is 4. The number of piperazine rings is 1. The van der Waals surface area contributed by atoms with Crippen LogP contribution in [0.2, 0.25) is 0 Å². The van der Waals surface area contributed by atoms with Crippen LogP contribution >= 0.6 is 15.9 Å². The van der Waals surface area contributed by atoms with Crippen LogP contribution in [0.5, 0.6) is 0 Å². The van der Waals surface area contributed by atoms with Crippen molar-refractivity contribution in [2.45, 2.75) is 19.5 Å². The van der Waals surface area contributed by atoms with Gasteiger partial charge in [-0.2, -0.15) is 13.2 Å². The van der Waals surface area contributed by atoms with E-state index in [-0.39, 0.29) is 22.4 Å². The van der Waals surface area contributed by atoms with E-state index in [1.165, 1.54) is 12.1 Å². The van der Waals surface area contributed by atoms with Gasteiger partial charge in [-0.05, 0) is 29.8 Å². The third kappa shape index (κ3) is 5.50. The second kappa shape index (κ2) is 9.03. The van der Waals surface area contributed by atoms with Gasteiger partial charge in [0, 0.05) is 37.6 Å². The van der Waals surface area contributed by atoms with E-state index in [0.717, 1.165) is 11.8 Å². The van der Waals surface area contributed by atoms with Gasteiger partial charge in [0.15, 0.2) is 0 Å². The number of carbonyl (C=O) groups excluding carboxylic acids is 2. The average molecular weight is 485 g/mol. The Balaban J connectivity index is 1.58. The zero-order valence-corrected chi connectivity index (χ0v) is 17.8. The van der Waals surface area contributed by atoms with Crippen LogP contribution < -0.4 is 10.2 Å². The Kier molecular flexibility index (Phi) is 6.64. The summed E-state index contributed by atoms with van der Waals surface area (Å²) in [7, 11) is 0. The van der Waals surface area contributed by atoms with Crippen molar-refractivity contribution >= 4 is 39.2 Å². The first-order valence-corrected chi connectivity index (χ1v) is 10.0. The first-order chi connectivity index (χ1) is 14.1. The Morgan fingerprint density at radius 2 is 1.83 bits per heavy atom. The molecule has 2 amide bonds. The Labute approximate surface area is 180 Å². The van der Waals surface area contributed by atoms with E-state index in [0.29, 0.717) is 32.0 Å². The highest BCUT2D eigenvalue weighted by Crippen LogP contribution is 2.35. The largest absolute Gasteiger partial charge is 0.417 e. The van der Waals surface area contributed by atoms with Crippen molar-refractivity contribution in [3.05, 3.63) is 52.1 Å². The van der Waals surface area contributed by atoms with Crippen LogP contribution in [0.1, 0.15) is 18.1 Å². The highest BCUT2D eigenvalue weighted by atomic mass is 79.9. The molecule has 10 heteroatoms. The van der Waals surface area contributed by atoms with E-state index in [2.05, 4.69) is 31.1 Å². The van der Waals surface area contributed by atoms with Gasteiger partial charge < -0.3 is 15.1 Å². The van der Waals surface area contributed by atoms with Gasteiger partial charge in [-0.25, -0.2) is 4.98 Å². The summed E-state index contributed by atoms with van der Waals surface area (Å²) in [6, 6.07) is 7.17. The summed E-state index contributed by atoms with van der Waals surface area (Å²) in [4.78, 5) is 31.7. The molecule has 0 spiro atoms. The Bertz CT molecular complexity index is 927. The summed E-state index contributed by atoms with van der Waals surface area (Å²) < 4.78 is 38.9. The maximum Gasteiger partial charge on any atom is 0.417 e. The molecule has 2 aromatic rings. The monoisotopic (exact) mass is 484 g/mol. The third-order valence-corrected chi connectivity index (χ3v) is 5.50. The number of alkyl halides is 3. The van der Waals surface area contributed by atoms with Crippen molar-refractivity contribution in [3.8, 4) is 0 Å². The van der Waals surface area contributed by atoms with Crippen LogP contribution in [0.15, 0.2) is 41.0 Å². The van der Waals surface area contributed by atoms with Gasteiger partial charge in [0.1, 0.15) is 5.82 Å². The average Bonchev–Trinajstić information content (AvgIpc) is 2.69. The fourth-order valence-electron chi connectivity index (χ4n) is 3.20. The molecular weight excluding hydrogens is 465 g/mol. The molecule has 0 bridgehead atoms. The number of nitrogens with one attached hydrogen (secondary N) is 1. The van der Waals surface area contributed by atoms with Crippen LogP contribution in [-0.4, -0.2) is 47.9 Å². The van der Waals surface area contributed by atoms with Crippen molar-refractivity contribution in [2.75, 3.05) is 36.4 Å². The topological polar surface area (TPSA) is 65.5 Å². The van der Waals surface area contributed by atoms with Gasteiger partial charge >= 0.3 is 6.18 Å². The predicted octanol–water partition coefficient (Wildman–Crippen LogP) is 3.71. The van der Waals surface area contributed by atoms with Gasteiger partial charge in [-0.3, -0.25) is 9.59 Å². The number of hydrogen-bond acceptors (Lipinski definition) is 4. The number of aromatic nitrogens is 1. The lowest BCUT2D eigenvalue weighted by Gasteiger charge is -2.35. The first-order valence-electron chi connectivity index (χ1n) is 9.25. The molecule has 1 saturated heterocycles. The van der Waals surface area contributed by atoms with Gasteiger partial charge in [0.25, 0.3) is 0 Å². The van der Waals surface area contributed by atoms with Crippen molar-refractivity contribution in [1.82, 2.24) is 9.88 Å². The summed E-state index contributed by atoms with van der Waals surface area (Å²) in [5.74, 6) is -0.0842. The Morgan fingerprint density at radius 3 is 2.40 bits per heavy atom. The fourth-order valence-corrected chi connectivity index (χ4v) is 3.67. The lowest BCUT2D eigenvalue weighted by Crippen LogP contribution is -2.48. The SMILES string of the molecule is CC(=O)N1CCN(c2ccc(NC(=O)Cc3ccc(Br)c(C(F)(F)F)c3)nc2)CC1. The van der Waals surface area contributed by atoms with Gasteiger partial charge in [-0.15, -0.1) is 0 Å². The number of nitrogens with zero attached hydrogens (tertiary/aromatic N) is 3. The Morgan fingerprint density at radius 1 is 1.13 bits per heavy atom. The van der Waals surface area contributed by atoms with E-state index in [4.69, 9.17) is 0 Å². The Hall–Kier alpha value is -2.62. The molecule has 0 unspecified atom stereocenters. The second-order valence-corrected chi connectivity index (χ2v) is 7.79. The minimum absolute atomic E-state index is 0.0546. The van der Waals surface area contributed by atoms with Crippen molar-refractivity contribution in [2.24, 2.45) is 0 Å².